The third-order valence-electron chi connectivity index (χ3n) is 3.92. The summed E-state index contributed by atoms with van der Waals surface area (Å²) in [6.07, 6.45) is 0.880. The monoisotopic (exact) mass is 380 g/mol. The van der Waals surface area contributed by atoms with Crippen LogP contribution in [0.1, 0.15) is 37.5 Å². The summed E-state index contributed by atoms with van der Waals surface area (Å²) in [7, 11) is 0. The molecular formula is C16H20N4O3S2. The number of morpholine rings is 1. The molecule has 0 aliphatic carbocycles. The largest absolute Gasteiger partial charge is 0.378 e. The first-order valence-electron chi connectivity index (χ1n) is 8.06. The molecule has 0 aromatic carbocycles. The van der Waals surface area contributed by atoms with E-state index in [1.807, 2.05) is 19.9 Å². The summed E-state index contributed by atoms with van der Waals surface area (Å²) in [5.41, 5.74) is 6.33. The molecule has 0 atom stereocenters. The zero-order valence-electron chi connectivity index (χ0n) is 14.1. The second kappa shape index (κ2) is 7.94. The highest BCUT2D eigenvalue weighted by Crippen LogP contribution is 2.22. The number of ether oxygens (including phenoxy) is 1. The van der Waals surface area contributed by atoms with Gasteiger partial charge in [0.1, 0.15) is 5.69 Å². The minimum Gasteiger partial charge on any atom is -0.378 e. The molecule has 3 heterocycles. The van der Waals surface area contributed by atoms with E-state index in [1.54, 1.807) is 5.38 Å². The molecule has 0 radical (unpaired) electrons. The molecule has 0 bridgehead atoms. The first-order valence-corrected chi connectivity index (χ1v) is 9.76. The molecule has 7 nitrogen and oxygen atoms in total. The Morgan fingerprint density at radius 1 is 1.28 bits per heavy atom. The van der Waals surface area contributed by atoms with E-state index < -0.39 is 5.91 Å². The van der Waals surface area contributed by atoms with Gasteiger partial charge in [0, 0.05) is 23.3 Å². The Hall–Kier alpha value is -1.97. The lowest BCUT2D eigenvalue weighted by atomic mass is 10.2. The number of nitrogens with one attached hydrogen (secondary N) is 2. The van der Waals surface area contributed by atoms with Gasteiger partial charge in [-0.05, 0) is 25.0 Å². The molecule has 0 saturated carbocycles. The van der Waals surface area contributed by atoms with Crippen LogP contribution >= 0.6 is 22.7 Å². The number of hydrogen-bond donors (Lipinski definition) is 2. The highest BCUT2D eigenvalue weighted by Gasteiger charge is 2.18. The molecule has 1 saturated heterocycles. The van der Waals surface area contributed by atoms with E-state index in [-0.39, 0.29) is 5.91 Å². The lowest BCUT2D eigenvalue weighted by Crippen LogP contribution is -2.41. The molecule has 25 heavy (non-hydrogen) atoms. The Bertz CT molecular complexity index is 765. The second-order valence-corrected chi connectivity index (χ2v) is 7.66. The van der Waals surface area contributed by atoms with Crippen LogP contribution in [0.3, 0.4) is 0 Å². The van der Waals surface area contributed by atoms with Crippen LogP contribution in [0.5, 0.6) is 0 Å². The molecule has 1 aliphatic heterocycles. The fourth-order valence-electron chi connectivity index (χ4n) is 2.49. The van der Waals surface area contributed by atoms with Gasteiger partial charge >= 0.3 is 0 Å². The second-order valence-electron chi connectivity index (χ2n) is 5.57. The van der Waals surface area contributed by atoms with Crippen molar-refractivity contribution in [3.8, 4) is 0 Å². The van der Waals surface area contributed by atoms with Crippen molar-refractivity contribution in [1.29, 1.82) is 0 Å². The average Bonchev–Trinajstić information content (AvgIpc) is 3.27. The summed E-state index contributed by atoms with van der Waals surface area (Å²) in [6.45, 7) is 6.90. The quantitative estimate of drug-likeness (QED) is 0.793. The maximum absolute atomic E-state index is 12.2. The van der Waals surface area contributed by atoms with Crippen LogP contribution in [0.25, 0.3) is 0 Å². The molecule has 1 fully saturated rings. The van der Waals surface area contributed by atoms with Crippen molar-refractivity contribution < 1.29 is 14.3 Å². The van der Waals surface area contributed by atoms with Gasteiger partial charge in [-0.2, -0.15) is 0 Å². The van der Waals surface area contributed by atoms with Crippen molar-refractivity contribution in [1.82, 2.24) is 15.8 Å². The van der Waals surface area contributed by atoms with Gasteiger partial charge < -0.3 is 9.64 Å². The normalized spacial score (nSPS) is 14.4. The van der Waals surface area contributed by atoms with Crippen LogP contribution in [0, 0.1) is 6.92 Å². The summed E-state index contributed by atoms with van der Waals surface area (Å²) in [4.78, 5) is 32.5. The van der Waals surface area contributed by atoms with Crippen LogP contribution < -0.4 is 15.8 Å². The zero-order chi connectivity index (χ0) is 17.8. The number of nitrogens with zero attached hydrogens (tertiary/aromatic N) is 2. The Balaban J connectivity index is 1.56. The molecule has 3 rings (SSSR count). The third kappa shape index (κ3) is 4.17. The molecule has 0 unspecified atom stereocenters. The number of aromatic nitrogens is 1. The molecule has 134 valence electrons. The number of aryl methyl sites for hydroxylation is 2. The van der Waals surface area contributed by atoms with E-state index >= 15 is 0 Å². The SMILES string of the molecule is CCc1cc(C(=O)NNC(=O)c2csc(N3CCOCC3)n2)sc1C. The van der Waals surface area contributed by atoms with Crippen molar-refractivity contribution in [2.75, 3.05) is 31.2 Å². The number of thiophene rings is 1. The third-order valence-corrected chi connectivity index (χ3v) is 5.91. The fraction of sp³-hybridized carbons (Fsp3) is 0.438. The summed E-state index contributed by atoms with van der Waals surface area (Å²) < 4.78 is 5.31. The lowest BCUT2D eigenvalue weighted by molar-refractivity contribution is 0.0846. The number of hydrogen-bond acceptors (Lipinski definition) is 7. The molecular weight excluding hydrogens is 360 g/mol. The van der Waals surface area contributed by atoms with E-state index in [0.717, 1.165) is 35.1 Å². The average molecular weight is 380 g/mol. The Morgan fingerprint density at radius 2 is 2.00 bits per heavy atom. The van der Waals surface area contributed by atoms with E-state index in [9.17, 15) is 9.59 Å². The van der Waals surface area contributed by atoms with Crippen molar-refractivity contribution in [2.45, 2.75) is 20.3 Å². The van der Waals surface area contributed by atoms with Gasteiger partial charge in [-0.15, -0.1) is 22.7 Å². The van der Waals surface area contributed by atoms with Gasteiger partial charge in [0.05, 0.1) is 18.1 Å². The number of hydrazine groups is 1. The van der Waals surface area contributed by atoms with Crippen molar-refractivity contribution >= 4 is 39.6 Å². The van der Waals surface area contributed by atoms with Crippen LogP contribution in [-0.2, 0) is 11.2 Å². The number of rotatable bonds is 4. The van der Waals surface area contributed by atoms with Crippen molar-refractivity contribution in [2.24, 2.45) is 0 Å². The summed E-state index contributed by atoms with van der Waals surface area (Å²) in [5.74, 6) is -0.738. The van der Waals surface area contributed by atoms with E-state index in [4.69, 9.17) is 4.74 Å². The first-order chi connectivity index (χ1) is 12.1. The Labute approximate surface area is 154 Å². The molecule has 2 aromatic rings. The molecule has 1 aliphatic rings. The Kier molecular flexibility index (Phi) is 5.67. The van der Waals surface area contributed by atoms with Gasteiger partial charge in [0.2, 0.25) is 0 Å². The number of anilines is 1. The smallest absolute Gasteiger partial charge is 0.289 e. The predicted molar refractivity (Wildman–Crippen MR) is 98.5 cm³/mol. The maximum atomic E-state index is 12.2. The molecule has 0 spiro atoms. The van der Waals surface area contributed by atoms with Crippen LogP contribution in [0.2, 0.25) is 0 Å². The summed E-state index contributed by atoms with van der Waals surface area (Å²) in [6, 6.07) is 1.86. The molecule has 2 aromatic heterocycles. The van der Waals surface area contributed by atoms with Crippen LogP contribution in [0.4, 0.5) is 5.13 Å². The van der Waals surface area contributed by atoms with Crippen LogP contribution in [0.15, 0.2) is 11.4 Å². The lowest BCUT2D eigenvalue weighted by Gasteiger charge is -2.25. The van der Waals surface area contributed by atoms with Gasteiger partial charge in [0.15, 0.2) is 5.13 Å². The van der Waals surface area contributed by atoms with E-state index in [2.05, 4.69) is 20.7 Å². The van der Waals surface area contributed by atoms with Crippen LogP contribution in [-0.4, -0.2) is 43.1 Å². The van der Waals surface area contributed by atoms with E-state index in [0.29, 0.717) is 23.8 Å². The fourth-order valence-corrected chi connectivity index (χ4v) is 4.36. The standard InChI is InChI=1S/C16H20N4O3S2/c1-3-11-8-13(25-10(11)2)15(22)19-18-14(21)12-9-24-16(17-12)20-4-6-23-7-5-20/h8-9H,3-7H2,1-2H3,(H,18,21)(H,19,22). The maximum Gasteiger partial charge on any atom is 0.289 e. The minimum atomic E-state index is -0.423. The number of carbonyl (C=O) groups excluding carboxylic acids is 2. The zero-order valence-corrected chi connectivity index (χ0v) is 15.8. The Morgan fingerprint density at radius 3 is 2.68 bits per heavy atom. The number of thiazole rings is 1. The predicted octanol–water partition coefficient (Wildman–Crippen LogP) is 1.99. The van der Waals surface area contributed by atoms with Crippen molar-refractivity contribution in [3.63, 3.8) is 0 Å². The highest BCUT2D eigenvalue weighted by molar-refractivity contribution is 7.14. The molecule has 2 N–H and O–H groups in total. The minimum absolute atomic E-state index is 0.295. The highest BCUT2D eigenvalue weighted by atomic mass is 32.1. The van der Waals surface area contributed by atoms with Gasteiger partial charge in [-0.25, -0.2) is 4.98 Å². The summed E-state index contributed by atoms with van der Waals surface area (Å²) in [5, 5.41) is 2.48. The van der Waals surface area contributed by atoms with Crippen molar-refractivity contribution in [3.05, 3.63) is 32.5 Å². The van der Waals surface area contributed by atoms with Gasteiger partial charge in [0.25, 0.3) is 11.8 Å². The van der Waals surface area contributed by atoms with Gasteiger partial charge in [-0.3, -0.25) is 20.4 Å². The van der Waals surface area contributed by atoms with E-state index in [1.165, 1.54) is 22.7 Å². The van der Waals surface area contributed by atoms with Gasteiger partial charge in [-0.1, -0.05) is 6.92 Å². The number of amides is 2. The number of carbonyl (C=O) groups is 2. The molecule has 9 heteroatoms. The topological polar surface area (TPSA) is 83.6 Å². The first kappa shape index (κ1) is 17.8. The summed E-state index contributed by atoms with van der Waals surface area (Å²) >= 11 is 2.83. The molecule has 2 amide bonds.